The number of nitrogens with zero attached hydrogens (tertiary/aromatic N) is 1. The predicted octanol–water partition coefficient (Wildman–Crippen LogP) is 3.22. The van der Waals surface area contributed by atoms with Crippen LogP contribution in [0.15, 0.2) is 18.2 Å². The lowest BCUT2D eigenvalue weighted by Crippen LogP contribution is -2.47. The van der Waals surface area contributed by atoms with E-state index in [2.05, 4.69) is 18.7 Å². The van der Waals surface area contributed by atoms with Crippen LogP contribution in [0.25, 0.3) is 0 Å². The molecule has 1 aliphatic rings. The fourth-order valence-electron chi connectivity index (χ4n) is 3.42. The minimum Gasteiger partial charge on any atom is -0.492 e. The highest BCUT2D eigenvalue weighted by atomic mass is 16.5. The number of benzene rings is 1. The van der Waals surface area contributed by atoms with Crippen LogP contribution >= 0.6 is 0 Å². The average Bonchev–Trinajstić information content (AvgIpc) is 2.47. The first-order valence-electron chi connectivity index (χ1n) is 8.23. The molecule has 1 fully saturated rings. The van der Waals surface area contributed by atoms with Crippen LogP contribution in [-0.2, 0) is 0 Å². The zero-order valence-electron chi connectivity index (χ0n) is 14.1. The van der Waals surface area contributed by atoms with Gasteiger partial charge in [-0.1, -0.05) is 13.8 Å². The van der Waals surface area contributed by atoms with E-state index in [9.17, 15) is 4.79 Å². The number of nitrogen functional groups attached to an aromatic ring is 1. The summed E-state index contributed by atoms with van der Waals surface area (Å²) in [5.74, 6) is 2.07. The summed E-state index contributed by atoms with van der Waals surface area (Å²) < 4.78 is 5.43. The molecule has 1 heterocycles. The van der Waals surface area contributed by atoms with Gasteiger partial charge >= 0.3 is 0 Å². The second-order valence-corrected chi connectivity index (χ2v) is 6.63. The Morgan fingerprint density at radius 2 is 2.00 bits per heavy atom. The van der Waals surface area contributed by atoms with Gasteiger partial charge in [-0.3, -0.25) is 9.69 Å². The van der Waals surface area contributed by atoms with Gasteiger partial charge in [-0.2, -0.15) is 0 Å². The Morgan fingerprint density at radius 3 is 2.55 bits per heavy atom. The number of carbonyl (C=O) groups is 1. The molecule has 0 aromatic heterocycles. The highest BCUT2D eigenvalue weighted by molar-refractivity contribution is 6.00. The third-order valence-electron chi connectivity index (χ3n) is 4.42. The molecule has 0 spiro atoms. The van der Waals surface area contributed by atoms with Crippen LogP contribution < -0.4 is 10.5 Å². The van der Waals surface area contributed by atoms with Crippen LogP contribution in [0.1, 0.15) is 44.5 Å². The van der Waals surface area contributed by atoms with Crippen molar-refractivity contribution in [2.75, 3.05) is 25.4 Å². The summed E-state index contributed by atoms with van der Waals surface area (Å²) in [7, 11) is 0. The Kier molecular flexibility index (Phi) is 5.46. The van der Waals surface area contributed by atoms with Crippen molar-refractivity contribution in [3.05, 3.63) is 23.8 Å². The van der Waals surface area contributed by atoms with Crippen molar-refractivity contribution in [2.24, 2.45) is 11.8 Å². The molecule has 3 unspecified atom stereocenters. The standard InChI is InChI=1S/C18H28N2O2/c1-5-22-17-7-6-15(9-16(17)19)18(21)14(4)20-10-12(2)8-13(3)11-20/h6-7,9,12-14H,5,8,10-11,19H2,1-4H3. The number of piperidine rings is 1. The number of anilines is 1. The molecule has 0 bridgehead atoms. The van der Waals surface area contributed by atoms with Crippen molar-refractivity contribution in [3.63, 3.8) is 0 Å². The average molecular weight is 304 g/mol. The number of ether oxygens (including phenoxy) is 1. The van der Waals surface area contributed by atoms with E-state index in [4.69, 9.17) is 10.5 Å². The lowest BCUT2D eigenvalue weighted by Gasteiger charge is -2.38. The Balaban J connectivity index is 2.11. The smallest absolute Gasteiger partial charge is 0.179 e. The first-order chi connectivity index (χ1) is 10.4. The fourth-order valence-corrected chi connectivity index (χ4v) is 3.42. The number of likely N-dealkylation sites (tertiary alicyclic amines) is 1. The minimum absolute atomic E-state index is 0.109. The number of hydrogen-bond acceptors (Lipinski definition) is 4. The predicted molar refractivity (Wildman–Crippen MR) is 90.3 cm³/mol. The largest absolute Gasteiger partial charge is 0.492 e. The summed E-state index contributed by atoms with van der Waals surface area (Å²) in [5, 5.41) is 0. The second kappa shape index (κ2) is 7.14. The third-order valence-corrected chi connectivity index (χ3v) is 4.42. The topological polar surface area (TPSA) is 55.6 Å². The van der Waals surface area contributed by atoms with Gasteiger partial charge in [-0.25, -0.2) is 0 Å². The molecule has 0 radical (unpaired) electrons. The highest BCUT2D eigenvalue weighted by Crippen LogP contribution is 2.26. The molecule has 2 rings (SSSR count). The van der Waals surface area contributed by atoms with E-state index in [0.29, 0.717) is 35.4 Å². The number of rotatable bonds is 5. The van der Waals surface area contributed by atoms with Gasteiger partial charge in [0.25, 0.3) is 0 Å². The van der Waals surface area contributed by atoms with Crippen LogP contribution in [0.3, 0.4) is 0 Å². The molecule has 122 valence electrons. The summed E-state index contributed by atoms with van der Waals surface area (Å²) in [6.45, 7) is 11.0. The van der Waals surface area contributed by atoms with E-state index in [0.717, 1.165) is 13.1 Å². The van der Waals surface area contributed by atoms with E-state index in [1.807, 2.05) is 19.9 Å². The second-order valence-electron chi connectivity index (χ2n) is 6.63. The molecule has 2 N–H and O–H groups in total. The molecule has 4 nitrogen and oxygen atoms in total. The summed E-state index contributed by atoms with van der Waals surface area (Å²) in [6.07, 6.45) is 1.24. The maximum absolute atomic E-state index is 12.7. The van der Waals surface area contributed by atoms with Gasteiger partial charge < -0.3 is 10.5 Å². The lowest BCUT2D eigenvalue weighted by atomic mass is 9.90. The number of Topliss-reactive ketones (excluding diaryl/α,β-unsaturated/α-hetero) is 1. The Hall–Kier alpha value is -1.55. The maximum atomic E-state index is 12.7. The Bertz CT molecular complexity index is 520. The zero-order valence-corrected chi connectivity index (χ0v) is 14.1. The number of carbonyl (C=O) groups excluding carboxylic acids is 1. The van der Waals surface area contributed by atoms with Gasteiger partial charge in [0.2, 0.25) is 0 Å². The van der Waals surface area contributed by atoms with Gasteiger partial charge in [0, 0.05) is 18.7 Å². The van der Waals surface area contributed by atoms with E-state index in [1.54, 1.807) is 12.1 Å². The first-order valence-corrected chi connectivity index (χ1v) is 8.23. The monoisotopic (exact) mass is 304 g/mol. The third kappa shape index (κ3) is 3.80. The van der Waals surface area contributed by atoms with Gasteiger partial charge in [0.1, 0.15) is 5.75 Å². The van der Waals surface area contributed by atoms with Crippen molar-refractivity contribution in [3.8, 4) is 5.75 Å². The quantitative estimate of drug-likeness (QED) is 0.670. The van der Waals surface area contributed by atoms with Crippen molar-refractivity contribution in [1.29, 1.82) is 0 Å². The minimum atomic E-state index is -0.109. The van der Waals surface area contributed by atoms with Crippen molar-refractivity contribution < 1.29 is 9.53 Å². The van der Waals surface area contributed by atoms with Gasteiger partial charge in [0.15, 0.2) is 5.78 Å². The molecule has 4 heteroatoms. The molecule has 0 saturated carbocycles. The SMILES string of the molecule is CCOc1ccc(C(=O)C(C)N2CC(C)CC(C)C2)cc1N. The molecule has 1 aliphatic heterocycles. The molecule has 1 aromatic carbocycles. The number of nitrogens with two attached hydrogens (primary N) is 1. The van der Waals surface area contributed by atoms with E-state index >= 15 is 0 Å². The molecule has 3 atom stereocenters. The summed E-state index contributed by atoms with van der Waals surface area (Å²) in [4.78, 5) is 15.0. The van der Waals surface area contributed by atoms with Crippen LogP contribution in [-0.4, -0.2) is 36.4 Å². The number of hydrogen-bond donors (Lipinski definition) is 1. The van der Waals surface area contributed by atoms with Crippen molar-refractivity contribution >= 4 is 11.5 Å². The molecular formula is C18H28N2O2. The molecule has 1 saturated heterocycles. The van der Waals surface area contributed by atoms with E-state index in [-0.39, 0.29) is 11.8 Å². The Morgan fingerprint density at radius 1 is 1.36 bits per heavy atom. The summed E-state index contributed by atoms with van der Waals surface area (Å²) in [6, 6.07) is 5.24. The van der Waals surface area contributed by atoms with Crippen LogP contribution in [0.5, 0.6) is 5.75 Å². The van der Waals surface area contributed by atoms with Crippen LogP contribution in [0.4, 0.5) is 5.69 Å². The van der Waals surface area contributed by atoms with E-state index in [1.165, 1.54) is 6.42 Å². The number of ketones is 1. The van der Waals surface area contributed by atoms with Crippen LogP contribution in [0.2, 0.25) is 0 Å². The summed E-state index contributed by atoms with van der Waals surface area (Å²) >= 11 is 0. The molecule has 22 heavy (non-hydrogen) atoms. The van der Waals surface area contributed by atoms with Crippen molar-refractivity contribution in [2.45, 2.75) is 40.2 Å². The van der Waals surface area contributed by atoms with E-state index < -0.39 is 0 Å². The first kappa shape index (κ1) is 16.8. The molecular weight excluding hydrogens is 276 g/mol. The van der Waals surface area contributed by atoms with Crippen LogP contribution in [0, 0.1) is 11.8 Å². The lowest BCUT2D eigenvalue weighted by molar-refractivity contribution is 0.0686. The van der Waals surface area contributed by atoms with Gasteiger partial charge in [-0.15, -0.1) is 0 Å². The zero-order chi connectivity index (χ0) is 16.3. The van der Waals surface area contributed by atoms with Gasteiger partial charge in [-0.05, 0) is 50.3 Å². The Labute approximate surface area is 133 Å². The molecule has 0 amide bonds. The molecule has 0 aliphatic carbocycles. The highest BCUT2D eigenvalue weighted by Gasteiger charge is 2.29. The van der Waals surface area contributed by atoms with Crippen molar-refractivity contribution in [1.82, 2.24) is 4.90 Å². The summed E-state index contributed by atoms with van der Waals surface area (Å²) in [5.41, 5.74) is 7.17. The maximum Gasteiger partial charge on any atom is 0.179 e. The molecule has 1 aromatic rings. The fraction of sp³-hybridized carbons (Fsp3) is 0.611. The normalized spacial score (nSPS) is 24.0. The van der Waals surface area contributed by atoms with Gasteiger partial charge in [0.05, 0.1) is 18.3 Å².